The van der Waals surface area contributed by atoms with Crippen molar-refractivity contribution in [3.8, 4) is 0 Å². The number of halogens is 1. The molecule has 1 aromatic rings. The molecule has 13 heavy (non-hydrogen) atoms. The van der Waals surface area contributed by atoms with Crippen LogP contribution in [0.5, 0.6) is 0 Å². The molecule has 1 heterocycles. The molecule has 0 aliphatic heterocycles. The van der Waals surface area contributed by atoms with E-state index in [-0.39, 0.29) is 0 Å². The molecule has 0 bridgehead atoms. The average molecular weight is 261 g/mol. The fraction of sp³-hybridized carbons (Fsp3) is 0.636. The van der Waals surface area contributed by atoms with Gasteiger partial charge in [-0.15, -0.1) is 0 Å². The van der Waals surface area contributed by atoms with Gasteiger partial charge in [-0.25, -0.2) is 0 Å². The second-order valence-electron chi connectivity index (χ2n) is 4.15. The SMILES string of the molecule is CCC(C)(C)C(Br)Cc1ccsc1. The third-order valence-corrected chi connectivity index (χ3v) is 5.05. The summed E-state index contributed by atoms with van der Waals surface area (Å²) in [5.41, 5.74) is 1.84. The van der Waals surface area contributed by atoms with Crippen molar-refractivity contribution in [2.75, 3.05) is 0 Å². The van der Waals surface area contributed by atoms with Crippen LogP contribution in [0.25, 0.3) is 0 Å². The van der Waals surface area contributed by atoms with Crippen molar-refractivity contribution >= 4 is 27.3 Å². The number of thiophene rings is 1. The van der Waals surface area contributed by atoms with Crippen LogP contribution in [0.15, 0.2) is 16.8 Å². The normalized spacial score (nSPS) is 14.5. The first-order chi connectivity index (χ1) is 6.06. The highest BCUT2D eigenvalue weighted by Crippen LogP contribution is 2.33. The summed E-state index contributed by atoms with van der Waals surface area (Å²) in [5, 5.41) is 4.38. The van der Waals surface area contributed by atoms with Gasteiger partial charge in [-0.05, 0) is 40.6 Å². The van der Waals surface area contributed by atoms with Crippen LogP contribution in [0.1, 0.15) is 32.8 Å². The maximum absolute atomic E-state index is 3.79. The van der Waals surface area contributed by atoms with E-state index in [1.54, 1.807) is 11.3 Å². The number of hydrogen-bond acceptors (Lipinski definition) is 1. The first-order valence-electron chi connectivity index (χ1n) is 4.71. The summed E-state index contributed by atoms with van der Waals surface area (Å²) in [6.45, 7) is 6.89. The summed E-state index contributed by atoms with van der Waals surface area (Å²) >= 11 is 5.56. The molecule has 0 aromatic carbocycles. The molecule has 1 rings (SSSR count). The Bertz CT molecular complexity index is 239. The fourth-order valence-corrected chi connectivity index (χ4v) is 2.49. The zero-order valence-electron chi connectivity index (χ0n) is 8.51. The van der Waals surface area contributed by atoms with Crippen LogP contribution in [-0.4, -0.2) is 4.83 Å². The van der Waals surface area contributed by atoms with Crippen molar-refractivity contribution in [3.63, 3.8) is 0 Å². The first kappa shape index (κ1) is 11.3. The molecular weight excluding hydrogens is 244 g/mol. The van der Waals surface area contributed by atoms with E-state index in [1.165, 1.54) is 12.0 Å². The minimum atomic E-state index is 0.391. The highest BCUT2D eigenvalue weighted by Gasteiger charge is 2.25. The van der Waals surface area contributed by atoms with E-state index in [0.29, 0.717) is 10.2 Å². The molecule has 1 unspecified atom stereocenters. The van der Waals surface area contributed by atoms with Crippen LogP contribution >= 0.6 is 27.3 Å². The maximum atomic E-state index is 3.79. The number of alkyl halides is 1. The topological polar surface area (TPSA) is 0 Å². The molecule has 0 saturated heterocycles. The van der Waals surface area contributed by atoms with Gasteiger partial charge < -0.3 is 0 Å². The third kappa shape index (κ3) is 3.10. The summed E-state index contributed by atoms with van der Waals surface area (Å²) in [6.07, 6.45) is 2.36. The lowest BCUT2D eigenvalue weighted by Gasteiger charge is -2.28. The van der Waals surface area contributed by atoms with Crippen molar-refractivity contribution < 1.29 is 0 Å². The Morgan fingerprint density at radius 2 is 2.23 bits per heavy atom. The molecule has 0 fully saturated rings. The Balaban J connectivity index is 2.55. The van der Waals surface area contributed by atoms with Gasteiger partial charge in [0.1, 0.15) is 0 Å². The summed E-state index contributed by atoms with van der Waals surface area (Å²) < 4.78 is 0. The van der Waals surface area contributed by atoms with E-state index in [9.17, 15) is 0 Å². The molecule has 2 heteroatoms. The summed E-state index contributed by atoms with van der Waals surface area (Å²) in [7, 11) is 0. The van der Waals surface area contributed by atoms with Crippen LogP contribution in [0.4, 0.5) is 0 Å². The average Bonchev–Trinajstić information content (AvgIpc) is 2.57. The standard InChI is InChI=1S/C11H17BrS/c1-4-11(2,3)10(12)7-9-5-6-13-8-9/h5-6,8,10H,4,7H2,1-3H3. The van der Waals surface area contributed by atoms with E-state index >= 15 is 0 Å². The van der Waals surface area contributed by atoms with Crippen LogP contribution in [-0.2, 0) is 6.42 Å². The molecule has 0 spiro atoms. The minimum absolute atomic E-state index is 0.391. The van der Waals surface area contributed by atoms with Gasteiger partial charge in [0.15, 0.2) is 0 Å². The van der Waals surface area contributed by atoms with Crippen molar-refractivity contribution in [2.45, 2.75) is 38.4 Å². The third-order valence-electron chi connectivity index (χ3n) is 2.75. The molecule has 0 N–H and O–H groups in total. The summed E-state index contributed by atoms with van der Waals surface area (Å²) in [6, 6.07) is 2.21. The highest BCUT2D eigenvalue weighted by atomic mass is 79.9. The highest BCUT2D eigenvalue weighted by molar-refractivity contribution is 9.09. The predicted molar refractivity (Wildman–Crippen MR) is 64.8 cm³/mol. The van der Waals surface area contributed by atoms with Gasteiger partial charge in [0.05, 0.1) is 0 Å². The Kier molecular flexibility index (Phi) is 3.99. The van der Waals surface area contributed by atoms with Crippen LogP contribution in [0.2, 0.25) is 0 Å². The lowest BCUT2D eigenvalue weighted by molar-refractivity contribution is 0.340. The molecule has 0 amide bonds. The van der Waals surface area contributed by atoms with Crippen molar-refractivity contribution in [2.24, 2.45) is 5.41 Å². The summed E-state index contributed by atoms with van der Waals surface area (Å²) in [4.78, 5) is 0.583. The molecule has 0 radical (unpaired) electrons. The monoisotopic (exact) mass is 260 g/mol. The molecule has 0 nitrogen and oxygen atoms in total. The smallest absolute Gasteiger partial charge is 0.0237 e. The Hall–Kier alpha value is 0.180. The van der Waals surface area contributed by atoms with Gasteiger partial charge in [0.25, 0.3) is 0 Å². The predicted octanol–water partition coefficient (Wildman–Crippen LogP) is 4.49. The van der Waals surface area contributed by atoms with E-state index < -0.39 is 0 Å². The summed E-state index contributed by atoms with van der Waals surface area (Å²) in [5.74, 6) is 0. The number of hydrogen-bond donors (Lipinski definition) is 0. The van der Waals surface area contributed by atoms with Crippen LogP contribution in [0.3, 0.4) is 0 Å². The first-order valence-corrected chi connectivity index (χ1v) is 6.57. The zero-order valence-corrected chi connectivity index (χ0v) is 10.9. The Morgan fingerprint density at radius 3 is 2.69 bits per heavy atom. The molecule has 74 valence electrons. The lowest BCUT2D eigenvalue weighted by atomic mass is 9.84. The minimum Gasteiger partial charge on any atom is -0.152 e. The Morgan fingerprint density at radius 1 is 1.54 bits per heavy atom. The van der Waals surface area contributed by atoms with Crippen LogP contribution < -0.4 is 0 Å². The van der Waals surface area contributed by atoms with Crippen molar-refractivity contribution in [1.82, 2.24) is 0 Å². The van der Waals surface area contributed by atoms with Crippen molar-refractivity contribution in [3.05, 3.63) is 22.4 Å². The molecule has 0 saturated carbocycles. The molecule has 0 aliphatic rings. The largest absolute Gasteiger partial charge is 0.152 e. The van der Waals surface area contributed by atoms with Gasteiger partial charge in [0, 0.05) is 4.83 Å². The lowest BCUT2D eigenvalue weighted by Crippen LogP contribution is -2.25. The zero-order chi connectivity index (χ0) is 9.90. The maximum Gasteiger partial charge on any atom is 0.0237 e. The number of rotatable bonds is 4. The second kappa shape index (κ2) is 4.61. The fourth-order valence-electron chi connectivity index (χ4n) is 1.11. The van der Waals surface area contributed by atoms with E-state index in [1.807, 2.05) is 0 Å². The molecule has 0 aliphatic carbocycles. The van der Waals surface area contributed by atoms with E-state index in [4.69, 9.17) is 0 Å². The van der Waals surface area contributed by atoms with Gasteiger partial charge in [0.2, 0.25) is 0 Å². The van der Waals surface area contributed by atoms with Gasteiger partial charge in [-0.3, -0.25) is 0 Å². The second-order valence-corrected chi connectivity index (χ2v) is 6.03. The van der Waals surface area contributed by atoms with E-state index in [0.717, 1.165) is 6.42 Å². The van der Waals surface area contributed by atoms with Gasteiger partial charge in [-0.2, -0.15) is 11.3 Å². The molecule has 1 aromatic heterocycles. The molecular formula is C11H17BrS. The molecule has 1 atom stereocenters. The van der Waals surface area contributed by atoms with Gasteiger partial charge in [-0.1, -0.05) is 36.7 Å². The van der Waals surface area contributed by atoms with Gasteiger partial charge >= 0.3 is 0 Å². The quantitative estimate of drug-likeness (QED) is 0.700. The Labute approximate surface area is 93.5 Å². The van der Waals surface area contributed by atoms with E-state index in [2.05, 4.69) is 53.5 Å². The van der Waals surface area contributed by atoms with Crippen molar-refractivity contribution in [1.29, 1.82) is 0 Å². The van der Waals surface area contributed by atoms with Crippen LogP contribution in [0, 0.1) is 5.41 Å².